The first-order chi connectivity index (χ1) is 15.5. The molecule has 9 heteroatoms. The van der Waals surface area contributed by atoms with Gasteiger partial charge in [0.05, 0.1) is 16.5 Å². The quantitative estimate of drug-likeness (QED) is 0.243. The first-order valence-corrected chi connectivity index (χ1v) is 12.8. The second-order valence-electron chi connectivity index (χ2n) is 6.77. The predicted octanol–water partition coefficient (Wildman–Crippen LogP) is 5.07. The molecule has 0 amide bonds. The standard InChI is InChI=1S/C23H20ClN3O3S2/c24-20-13-7-8-14-21(20)30-15-16-31-23-26-25-22(27(23)18-9-3-1-4-10-18)17-32(28,29)19-11-5-2-6-12-19/h1-14H,15-17H2. The number of nitrogens with zero attached hydrogens (tertiary/aromatic N) is 3. The Kier molecular flexibility index (Phi) is 7.14. The molecule has 1 heterocycles. The van der Waals surface area contributed by atoms with Crippen molar-refractivity contribution in [1.82, 2.24) is 14.8 Å². The zero-order valence-corrected chi connectivity index (χ0v) is 19.4. The average molecular weight is 486 g/mol. The van der Waals surface area contributed by atoms with Crippen molar-refractivity contribution in [3.63, 3.8) is 0 Å². The summed E-state index contributed by atoms with van der Waals surface area (Å²) in [7, 11) is -3.57. The van der Waals surface area contributed by atoms with E-state index in [0.29, 0.717) is 34.1 Å². The van der Waals surface area contributed by atoms with Crippen LogP contribution in [-0.4, -0.2) is 35.5 Å². The van der Waals surface area contributed by atoms with E-state index in [1.165, 1.54) is 11.8 Å². The summed E-state index contributed by atoms with van der Waals surface area (Å²) in [6.45, 7) is 0.410. The first-order valence-electron chi connectivity index (χ1n) is 9.82. The fourth-order valence-corrected chi connectivity index (χ4v) is 5.29. The van der Waals surface area contributed by atoms with Gasteiger partial charge in [-0.05, 0) is 36.4 Å². The van der Waals surface area contributed by atoms with Crippen LogP contribution >= 0.6 is 23.4 Å². The summed E-state index contributed by atoms with van der Waals surface area (Å²) >= 11 is 7.56. The van der Waals surface area contributed by atoms with Crippen molar-refractivity contribution in [3.05, 3.63) is 95.8 Å². The second kappa shape index (κ2) is 10.2. The first kappa shape index (κ1) is 22.4. The van der Waals surface area contributed by atoms with E-state index in [4.69, 9.17) is 16.3 Å². The number of para-hydroxylation sites is 2. The van der Waals surface area contributed by atoms with Gasteiger partial charge in [-0.1, -0.05) is 71.9 Å². The van der Waals surface area contributed by atoms with Crippen LogP contribution in [0.15, 0.2) is 95.0 Å². The fraction of sp³-hybridized carbons (Fsp3) is 0.130. The Morgan fingerprint density at radius 1 is 0.875 bits per heavy atom. The number of ether oxygens (including phenoxy) is 1. The number of sulfone groups is 1. The molecule has 32 heavy (non-hydrogen) atoms. The number of aromatic nitrogens is 3. The lowest BCUT2D eigenvalue weighted by molar-refractivity contribution is 0.344. The molecule has 0 saturated carbocycles. The minimum atomic E-state index is -3.57. The Labute approximate surface area is 196 Å². The summed E-state index contributed by atoms with van der Waals surface area (Å²) in [6, 6.07) is 25.1. The van der Waals surface area contributed by atoms with Gasteiger partial charge in [-0.3, -0.25) is 4.57 Å². The van der Waals surface area contributed by atoms with Crippen LogP contribution in [0.25, 0.3) is 5.69 Å². The van der Waals surface area contributed by atoms with Crippen LogP contribution < -0.4 is 4.74 Å². The van der Waals surface area contributed by atoms with Gasteiger partial charge in [0.1, 0.15) is 11.5 Å². The molecular weight excluding hydrogens is 466 g/mol. The van der Waals surface area contributed by atoms with Gasteiger partial charge in [0.2, 0.25) is 0 Å². The van der Waals surface area contributed by atoms with Gasteiger partial charge in [-0.25, -0.2) is 8.42 Å². The molecule has 0 fully saturated rings. The molecule has 0 spiro atoms. The lowest BCUT2D eigenvalue weighted by atomic mass is 10.3. The van der Waals surface area contributed by atoms with Crippen molar-refractivity contribution in [2.45, 2.75) is 15.8 Å². The largest absolute Gasteiger partial charge is 0.491 e. The molecule has 4 aromatic rings. The number of thioether (sulfide) groups is 1. The third-order valence-electron chi connectivity index (χ3n) is 4.54. The van der Waals surface area contributed by atoms with Crippen LogP contribution in [0.1, 0.15) is 5.82 Å². The molecule has 0 unspecified atom stereocenters. The smallest absolute Gasteiger partial charge is 0.195 e. The molecule has 3 aromatic carbocycles. The highest BCUT2D eigenvalue weighted by molar-refractivity contribution is 7.99. The molecule has 0 saturated heterocycles. The topological polar surface area (TPSA) is 74.1 Å². The lowest BCUT2D eigenvalue weighted by Gasteiger charge is -2.11. The third-order valence-corrected chi connectivity index (χ3v) is 7.38. The monoisotopic (exact) mass is 485 g/mol. The van der Waals surface area contributed by atoms with Crippen molar-refractivity contribution in [1.29, 1.82) is 0 Å². The van der Waals surface area contributed by atoms with Gasteiger partial charge in [0.25, 0.3) is 0 Å². The van der Waals surface area contributed by atoms with Crippen LogP contribution in [0.2, 0.25) is 5.02 Å². The molecular formula is C23H20ClN3O3S2. The number of halogens is 1. The Morgan fingerprint density at radius 2 is 1.53 bits per heavy atom. The number of rotatable bonds is 9. The molecule has 0 aliphatic rings. The van der Waals surface area contributed by atoms with Crippen molar-refractivity contribution in [2.75, 3.05) is 12.4 Å². The Morgan fingerprint density at radius 3 is 2.25 bits per heavy atom. The molecule has 1 aromatic heterocycles. The van der Waals surface area contributed by atoms with Crippen LogP contribution in [-0.2, 0) is 15.6 Å². The van der Waals surface area contributed by atoms with E-state index < -0.39 is 9.84 Å². The highest BCUT2D eigenvalue weighted by Crippen LogP contribution is 2.26. The van der Waals surface area contributed by atoms with E-state index in [1.54, 1.807) is 41.0 Å². The third kappa shape index (κ3) is 5.32. The SMILES string of the molecule is O=S(=O)(Cc1nnc(SCCOc2ccccc2Cl)n1-c1ccccc1)c1ccccc1. The summed E-state index contributed by atoms with van der Waals surface area (Å²) in [5.41, 5.74) is 0.797. The van der Waals surface area contributed by atoms with E-state index in [9.17, 15) is 8.42 Å². The van der Waals surface area contributed by atoms with Gasteiger partial charge in [-0.15, -0.1) is 10.2 Å². The van der Waals surface area contributed by atoms with Crippen LogP contribution in [0.5, 0.6) is 5.75 Å². The van der Waals surface area contributed by atoms with Gasteiger partial charge in [-0.2, -0.15) is 0 Å². The van der Waals surface area contributed by atoms with Crippen molar-refractivity contribution < 1.29 is 13.2 Å². The zero-order chi connectivity index (χ0) is 22.4. The molecule has 0 aliphatic carbocycles. The summed E-state index contributed by atoms with van der Waals surface area (Å²) in [6.07, 6.45) is 0. The van der Waals surface area contributed by atoms with Crippen LogP contribution in [0, 0.1) is 0 Å². The van der Waals surface area contributed by atoms with E-state index in [1.807, 2.05) is 48.5 Å². The fourth-order valence-electron chi connectivity index (χ4n) is 3.05. The van der Waals surface area contributed by atoms with Gasteiger partial charge >= 0.3 is 0 Å². The van der Waals surface area contributed by atoms with Crippen molar-refractivity contribution in [2.24, 2.45) is 0 Å². The molecule has 4 rings (SSSR count). The summed E-state index contributed by atoms with van der Waals surface area (Å²) < 4.78 is 33.4. The zero-order valence-electron chi connectivity index (χ0n) is 17.0. The number of benzene rings is 3. The van der Waals surface area contributed by atoms with E-state index in [2.05, 4.69) is 10.2 Å². The molecule has 0 atom stereocenters. The Bertz CT molecular complexity index is 1280. The number of hydrogen-bond acceptors (Lipinski definition) is 6. The summed E-state index contributed by atoms with van der Waals surface area (Å²) in [5.74, 6) is 1.31. The molecule has 0 aliphatic heterocycles. The van der Waals surface area contributed by atoms with Gasteiger partial charge < -0.3 is 4.74 Å². The molecule has 0 radical (unpaired) electrons. The normalized spacial score (nSPS) is 11.4. The summed E-state index contributed by atoms with van der Waals surface area (Å²) in [5, 5.41) is 9.62. The summed E-state index contributed by atoms with van der Waals surface area (Å²) in [4.78, 5) is 0.255. The minimum absolute atomic E-state index is 0.254. The maximum absolute atomic E-state index is 12.9. The van der Waals surface area contributed by atoms with Crippen molar-refractivity contribution in [3.8, 4) is 11.4 Å². The van der Waals surface area contributed by atoms with Crippen LogP contribution in [0.3, 0.4) is 0 Å². The highest BCUT2D eigenvalue weighted by atomic mass is 35.5. The average Bonchev–Trinajstić information content (AvgIpc) is 3.20. The minimum Gasteiger partial charge on any atom is -0.491 e. The van der Waals surface area contributed by atoms with Gasteiger partial charge in [0, 0.05) is 11.4 Å². The molecule has 0 bridgehead atoms. The van der Waals surface area contributed by atoms with E-state index in [-0.39, 0.29) is 10.6 Å². The maximum atomic E-state index is 12.9. The Balaban J connectivity index is 1.54. The molecule has 0 N–H and O–H groups in total. The van der Waals surface area contributed by atoms with Crippen molar-refractivity contribution >= 4 is 33.2 Å². The molecule has 6 nitrogen and oxygen atoms in total. The Hall–Kier alpha value is -2.81. The lowest BCUT2D eigenvalue weighted by Crippen LogP contribution is -2.11. The van der Waals surface area contributed by atoms with E-state index in [0.717, 1.165) is 5.69 Å². The van der Waals surface area contributed by atoms with E-state index >= 15 is 0 Å². The predicted molar refractivity (Wildman–Crippen MR) is 126 cm³/mol. The number of hydrogen-bond donors (Lipinski definition) is 0. The van der Waals surface area contributed by atoms with Crippen LogP contribution in [0.4, 0.5) is 0 Å². The highest BCUT2D eigenvalue weighted by Gasteiger charge is 2.22. The van der Waals surface area contributed by atoms with Gasteiger partial charge in [0.15, 0.2) is 20.8 Å². The molecule has 164 valence electrons. The second-order valence-corrected chi connectivity index (χ2v) is 10.2. The maximum Gasteiger partial charge on any atom is 0.195 e.